The quantitative estimate of drug-likeness (QED) is 0.863. The fourth-order valence-electron chi connectivity index (χ4n) is 2.26. The van der Waals surface area contributed by atoms with Gasteiger partial charge in [-0.15, -0.1) is 0 Å². The summed E-state index contributed by atoms with van der Waals surface area (Å²) < 4.78 is 1.81. The van der Waals surface area contributed by atoms with Gasteiger partial charge in [0.15, 0.2) is 0 Å². The molecule has 18 heavy (non-hydrogen) atoms. The Balaban J connectivity index is 2.12. The maximum absolute atomic E-state index is 12.4. The molecule has 1 aromatic carbocycles. The van der Waals surface area contributed by atoms with Crippen LogP contribution in [0.25, 0.3) is 0 Å². The predicted octanol–water partition coefficient (Wildman–Crippen LogP) is 3.02. The van der Waals surface area contributed by atoms with Crippen LogP contribution >= 0.6 is 31.9 Å². The molecule has 1 saturated heterocycles. The average Bonchev–Trinajstić information content (AvgIpc) is 2.75. The van der Waals surface area contributed by atoms with E-state index in [1.807, 2.05) is 30.0 Å². The van der Waals surface area contributed by atoms with Crippen LogP contribution in [0.15, 0.2) is 27.1 Å². The Labute approximate surface area is 124 Å². The van der Waals surface area contributed by atoms with Gasteiger partial charge in [-0.1, -0.05) is 31.9 Å². The van der Waals surface area contributed by atoms with E-state index >= 15 is 0 Å². The predicted molar refractivity (Wildman–Crippen MR) is 79.5 cm³/mol. The van der Waals surface area contributed by atoms with E-state index in [0.29, 0.717) is 11.5 Å². The zero-order valence-electron chi connectivity index (χ0n) is 10.2. The summed E-state index contributed by atoms with van der Waals surface area (Å²) >= 11 is 6.81. The summed E-state index contributed by atoms with van der Waals surface area (Å²) in [5, 5.41) is 0. The van der Waals surface area contributed by atoms with Gasteiger partial charge < -0.3 is 10.6 Å². The van der Waals surface area contributed by atoms with Gasteiger partial charge in [0.1, 0.15) is 0 Å². The van der Waals surface area contributed by atoms with Gasteiger partial charge in [0.2, 0.25) is 0 Å². The van der Waals surface area contributed by atoms with Crippen LogP contribution < -0.4 is 5.73 Å². The molecule has 0 aliphatic carbocycles. The third-order valence-electron chi connectivity index (χ3n) is 3.36. The molecule has 5 heteroatoms. The molecule has 2 unspecified atom stereocenters. The lowest BCUT2D eigenvalue weighted by Gasteiger charge is -2.18. The fourth-order valence-corrected chi connectivity index (χ4v) is 3.55. The second-order valence-electron chi connectivity index (χ2n) is 4.82. The second kappa shape index (κ2) is 5.72. The van der Waals surface area contributed by atoms with Crippen LogP contribution in [0.5, 0.6) is 0 Å². The third-order valence-corrected chi connectivity index (χ3v) is 4.28. The molecule has 2 rings (SSSR count). The van der Waals surface area contributed by atoms with Gasteiger partial charge in [0.05, 0.1) is 0 Å². The molecule has 1 aliphatic rings. The maximum atomic E-state index is 12.4. The minimum Gasteiger partial charge on any atom is -0.338 e. The van der Waals surface area contributed by atoms with Crippen molar-refractivity contribution in [2.75, 3.05) is 13.1 Å². The van der Waals surface area contributed by atoms with E-state index in [1.54, 1.807) is 0 Å². The smallest absolute Gasteiger partial charge is 0.253 e. The molecule has 0 saturated carbocycles. The molecule has 0 aromatic heterocycles. The third kappa shape index (κ3) is 3.13. The molecule has 1 fully saturated rings. The van der Waals surface area contributed by atoms with Crippen molar-refractivity contribution in [1.82, 2.24) is 4.90 Å². The van der Waals surface area contributed by atoms with E-state index in [1.165, 1.54) is 0 Å². The van der Waals surface area contributed by atoms with Gasteiger partial charge in [-0.3, -0.25) is 4.79 Å². The Morgan fingerprint density at radius 2 is 2.00 bits per heavy atom. The van der Waals surface area contributed by atoms with Gasteiger partial charge in [-0.05, 0) is 37.5 Å². The molecule has 98 valence electrons. The summed E-state index contributed by atoms with van der Waals surface area (Å²) in [7, 11) is 0. The standard InChI is InChI=1S/C13H16Br2N2O/c1-8(16)9-2-3-17(7-9)13(18)10-4-11(14)6-12(15)5-10/h4-6,8-9H,2-3,7,16H2,1H3. The minimum atomic E-state index is 0.0835. The van der Waals surface area contributed by atoms with Crippen molar-refractivity contribution in [3.05, 3.63) is 32.7 Å². The largest absolute Gasteiger partial charge is 0.338 e. The van der Waals surface area contributed by atoms with E-state index in [2.05, 4.69) is 31.9 Å². The van der Waals surface area contributed by atoms with Crippen LogP contribution in [0.1, 0.15) is 23.7 Å². The van der Waals surface area contributed by atoms with Crippen LogP contribution in [-0.4, -0.2) is 29.9 Å². The highest BCUT2D eigenvalue weighted by molar-refractivity contribution is 9.11. The van der Waals surface area contributed by atoms with E-state index in [0.717, 1.165) is 28.5 Å². The summed E-state index contributed by atoms with van der Waals surface area (Å²) in [6.45, 7) is 3.57. The minimum absolute atomic E-state index is 0.0835. The van der Waals surface area contributed by atoms with Crippen molar-refractivity contribution in [2.45, 2.75) is 19.4 Å². The summed E-state index contributed by atoms with van der Waals surface area (Å²) in [4.78, 5) is 14.3. The van der Waals surface area contributed by atoms with Crippen molar-refractivity contribution in [3.8, 4) is 0 Å². The lowest BCUT2D eigenvalue weighted by Crippen LogP contribution is -2.33. The number of nitrogens with two attached hydrogens (primary N) is 1. The first-order valence-corrected chi connectivity index (χ1v) is 7.57. The lowest BCUT2D eigenvalue weighted by molar-refractivity contribution is 0.0786. The number of carbonyl (C=O) groups excluding carboxylic acids is 1. The number of benzene rings is 1. The summed E-state index contributed by atoms with van der Waals surface area (Å²) in [5.74, 6) is 0.504. The Hall–Kier alpha value is -0.390. The highest BCUT2D eigenvalue weighted by Crippen LogP contribution is 2.24. The Kier molecular flexibility index (Phi) is 4.45. The first-order chi connectivity index (χ1) is 8.47. The number of hydrogen-bond acceptors (Lipinski definition) is 2. The number of halogens is 2. The molecule has 2 N–H and O–H groups in total. The van der Waals surface area contributed by atoms with Crippen molar-refractivity contribution >= 4 is 37.8 Å². The molecule has 1 heterocycles. The van der Waals surface area contributed by atoms with Gasteiger partial charge >= 0.3 is 0 Å². The molecule has 1 amide bonds. The summed E-state index contributed by atoms with van der Waals surface area (Å²) in [6.07, 6.45) is 0.999. The molecule has 1 aromatic rings. The molecule has 0 bridgehead atoms. The topological polar surface area (TPSA) is 46.3 Å². The number of amides is 1. The van der Waals surface area contributed by atoms with Crippen LogP contribution in [0.3, 0.4) is 0 Å². The highest BCUT2D eigenvalue weighted by Gasteiger charge is 2.29. The fraction of sp³-hybridized carbons (Fsp3) is 0.462. The van der Waals surface area contributed by atoms with Gasteiger partial charge in [-0.25, -0.2) is 0 Å². The number of carbonyl (C=O) groups is 1. The van der Waals surface area contributed by atoms with Crippen LogP contribution in [-0.2, 0) is 0 Å². The van der Waals surface area contributed by atoms with Crippen molar-refractivity contribution in [3.63, 3.8) is 0 Å². The van der Waals surface area contributed by atoms with Gasteiger partial charge in [0, 0.05) is 33.6 Å². The molecular formula is C13H16Br2N2O. The molecule has 0 radical (unpaired) electrons. The van der Waals surface area contributed by atoms with E-state index < -0.39 is 0 Å². The zero-order valence-corrected chi connectivity index (χ0v) is 13.4. The highest BCUT2D eigenvalue weighted by atomic mass is 79.9. The number of hydrogen-bond donors (Lipinski definition) is 1. The van der Waals surface area contributed by atoms with Crippen LogP contribution in [0, 0.1) is 5.92 Å². The van der Waals surface area contributed by atoms with E-state index in [4.69, 9.17) is 5.73 Å². The van der Waals surface area contributed by atoms with E-state index in [9.17, 15) is 4.79 Å². The molecule has 2 atom stereocenters. The molecule has 0 spiro atoms. The number of rotatable bonds is 2. The lowest BCUT2D eigenvalue weighted by atomic mass is 10.0. The molecule has 1 aliphatic heterocycles. The average molecular weight is 376 g/mol. The maximum Gasteiger partial charge on any atom is 0.253 e. The Morgan fingerprint density at radius 1 is 1.39 bits per heavy atom. The second-order valence-corrected chi connectivity index (χ2v) is 6.65. The van der Waals surface area contributed by atoms with Crippen molar-refractivity contribution in [1.29, 1.82) is 0 Å². The SMILES string of the molecule is CC(N)C1CCN(C(=O)c2cc(Br)cc(Br)c2)C1. The first kappa shape index (κ1) is 14.0. The Bertz CT molecular complexity index is 442. The number of nitrogens with zero attached hydrogens (tertiary/aromatic N) is 1. The van der Waals surface area contributed by atoms with Crippen molar-refractivity contribution < 1.29 is 4.79 Å². The van der Waals surface area contributed by atoms with E-state index in [-0.39, 0.29) is 11.9 Å². The van der Waals surface area contributed by atoms with Crippen LogP contribution in [0.4, 0.5) is 0 Å². The Morgan fingerprint density at radius 3 is 2.50 bits per heavy atom. The summed E-state index contributed by atoms with van der Waals surface area (Å²) in [5.41, 5.74) is 6.60. The van der Waals surface area contributed by atoms with Gasteiger partial charge in [0.25, 0.3) is 5.91 Å². The molecule has 3 nitrogen and oxygen atoms in total. The summed E-state index contributed by atoms with van der Waals surface area (Å²) in [6, 6.07) is 5.78. The first-order valence-electron chi connectivity index (χ1n) is 5.98. The molecular weight excluding hydrogens is 360 g/mol. The van der Waals surface area contributed by atoms with Crippen molar-refractivity contribution in [2.24, 2.45) is 11.7 Å². The monoisotopic (exact) mass is 374 g/mol. The van der Waals surface area contributed by atoms with Crippen LogP contribution in [0.2, 0.25) is 0 Å². The zero-order chi connectivity index (χ0) is 13.3. The van der Waals surface area contributed by atoms with Gasteiger partial charge in [-0.2, -0.15) is 0 Å². The normalized spacial score (nSPS) is 21.1. The number of likely N-dealkylation sites (tertiary alicyclic amines) is 1.